The Morgan fingerprint density at radius 2 is 2.16 bits per heavy atom. The molecule has 1 amide bonds. The van der Waals surface area contributed by atoms with Crippen LogP contribution in [-0.4, -0.2) is 26.0 Å². The van der Waals surface area contributed by atoms with Gasteiger partial charge in [0.2, 0.25) is 11.1 Å². The molecule has 6 nitrogen and oxygen atoms in total. The third-order valence-electron chi connectivity index (χ3n) is 2.30. The monoisotopic (exact) mass is 341 g/mol. The molecule has 1 aromatic carbocycles. The van der Waals surface area contributed by atoms with Crippen molar-refractivity contribution in [2.24, 2.45) is 0 Å². The van der Waals surface area contributed by atoms with Crippen LogP contribution in [0.2, 0.25) is 0 Å². The lowest BCUT2D eigenvalue weighted by Gasteiger charge is -2.11. The van der Waals surface area contributed by atoms with Gasteiger partial charge in [-0.3, -0.25) is 4.79 Å². The first-order chi connectivity index (χ1) is 9.06. The summed E-state index contributed by atoms with van der Waals surface area (Å²) in [5, 5.41) is 10.5. The van der Waals surface area contributed by atoms with Crippen LogP contribution in [0.5, 0.6) is 0 Å². The second-order valence-corrected chi connectivity index (χ2v) is 6.00. The van der Waals surface area contributed by atoms with Gasteiger partial charge in [-0.2, -0.15) is 0 Å². The van der Waals surface area contributed by atoms with E-state index in [1.54, 1.807) is 6.92 Å². The number of thioether (sulfide) groups is 1. The molecule has 0 saturated heterocycles. The quantitative estimate of drug-likeness (QED) is 0.654. The highest BCUT2D eigenvalue weighted by molar-refractivity contribution is 9.10. The molecular weight excluding hydrogens is 330 g/mol. The second kappa shape index (κ2) is 6.07. The van der Waals surface area contributed by atoms with E-state index in [2.05, 4.69) is 31.4 Å². The summed E-state index contributed by atoms with van der Waals surface area (Å²) in [6, 6.07) is 7.38. The molecule has 1 aromatic heterocycles. The Morgan fingerprint density at radius 3 is 2.74 bits per heavy atom. The third kappa shape index (κ3) is 3.71. The van der Waals surface area contributed by atoms with Gasteiger partial charge in [0, 0.05) is 10.2 Å². The van der Waals surface area contributed by atoms with E-state index in [1.165, 1.54) is 22.8 Å². The van der Waals surface area contributed by atoms with Gasteiger partial charge in [0.05, 0.1) is 5.25 Å². The van der Waals surface area contributed by atoms with Gasteiger partial charge in [0.15, 0.2) is 0 Å². The van der Waals surface area contributed by atoms with E-state index in [0.29, 0.717) is 5.16 Å². The van der Waals surface area contributed by atoms with Gasteiger partial charge < -0.3 is 11.2 Å². The molecule has 0 unspecified atom stereocenters. The largest absolute Gasteiger partial charge is 0.336 e. The Balaban J connectivity index is 1.96. The van der Waals surface area contributed by atoms with E-state index >= 15 is 0 Å². The molecule has 0 bridgehead atoms. The zero-order valence-corrected chi connectivity index (χ0v) is 12.5. The molecule has 2 aromatic rings. The summed E-state index contributed by atoms with van der Waals surface area (Å²) in [6.45, 7) is 1.79. The first-order valence-corrected chi connectivity index (χ1v) is 7.11. The van der Waals surface area contributed by atoms with Crippen molar-refractivity contribution < 1.29 is 4.79 Å². The molecule has 1 heterocycles. The van der Waals surface area contributed by atoms with Crippen LogP contribution < -0.4 is 11.2 Å². The number of nitrogens with one attached hydrogen (secondary N) is 1. The van der Waals surface area contributed by atoms with Crippen molar-refractivity contribution in [2.45, 2.75) is 17.3 Å². The lowest BCUT2D eigenvalue weighted by molar-refractivity contribution is -0.115. The van der Waals surface area contributed by atoms with Crippen LogP contribution in [-0.2, 0) is 4.79 Å². The zero-order chi connectivity index (χ0) is 13.8. The molecule has 1 atom stereocenters. The second-order valence-electron chi connectivity index (χ2n) is 3.78. The molecule has 3 N–H and O–H groups in total. The van der Waals surface area contributed by atoms with Gasteiger partial charge in [-0.05, 0) is 31.2 Å². The molecule has 8 heteroatoms. The maximum Gasteiger partial charge on any atom is 0.237 e. The Morgan fingerprint density at radius 1 is 1.47 bits per heavy atom. The highest BCUT2D eigenvalue weighted by Crippen LogP contribution is 2.21. The molecule has 0 aliphatic heterocycles. The van der Waals surface area contributed by atoms with E-state index < -0.39 is 0 Å². The van der Waals surface area contributed by atoms with Crippen molar-refractivity contribution in [3.05, 3.63) is 35.1 Å². The number of carbonyl (C=O) groups excluding carboxylic acids is 1. The Labute approximate surface area is 122 Å². The van der Waals surface area contributed by atoms with Crippen LogP contribution in [0.15, 0.2) is 40.2 Å². The van der Waals surface area contributed by atoms with Crippen molar-refractivity contribution in [3.63, 3.8) is 0 Å². The molecule has 0 aliphatic carbocycles. The molecule has 19 heavy (non-hydrogen) atoms. The van der Waals surface area contributed by atoms with Gasteiger partial charge in [0.25, 0.3) is 0 Å². The van der Waals surface area contributed by atoms with E-state index in [-0.39, 0.29) is 11.2 Å². The number of amides is 1. The summed E-state index contributed by atoms with van der Waals surface area (Å²) in [4.78, 5) is 12.0. The fourth-order valence-electron chi connectivity index (χ4n) is 1.31. The Kier molecular flexibility index (Phi) is 4.43. The maximum absolute atomic E-state index is 12.0. The van der Waals surface area contributed by atoms with Gasteiger partial charge in [-0.1, -0.05) is 27.7 Å². The zero-order valence-electron chi connectivity index (χ0n) is 10.1. The molecule has 0 radical (unpaired) electrons. The number of carbonyl (C=O) groups is 1. The minimum absolute atomic E-state index is 0.115. The average molecular weight is 342 g/mol. The molecular formula is C11H12BrN5OS. The van der Waals surface area contributed by atoms with Crippen molar-refractivity contribution in [2.75, 3.05) is 11.2 Å². The Bertz CT molecular complexity index is 571. The number of aromatic nitrogens is 3. The lowest BCUT2D eigenvalue weighted by Crippen LogP contribution is -2.23. The van der Waals surface area contributed by atoms with Crippen molar-refractivity contribution in [1.29, 1.82) is 0 Å². The SMILES string of the molecule is C[C@H](Sc1nncn1N)C(=O)Nc1ccc(Br)cc1. The van der Waals surface area contributed by atoms with Crippen molar-refractivity contribution in [1.82, 2.24) is 14.9 Å². The van der Waals surface area contributed by atoms with E-state index in [4.69, 9.17) is 5.84 Å². The highest BCUT2D eigenvalue weighted by atomic mass is 79.9. The van der Waals surface area contributed by atoms with Crippen molar-refractivity contribution >= 4 is 39.3 Å². The first kappa shape index (κ1) is 13.9. The predicted octanol–water partition coefficient (Wildman–Crippen LogP) is 1.87. The maximum atomic E-state index is 12.0. The molecule has 100 valence electrons. The summed E-state index contributed by atoms with van der Waals surface area (Å²) in [6.07, 6.45) is 1.39. The van der Waals surface area contributed by atoms with Crippen LogP contribution in [0.25, 0.3) is 0 Å². The fraction of sp³-hybridized carbons (Fsp3) is 0.182. The van der Waals surface area contributed by atoms with Crippen molar-refractivity contribution in [3.8, 4) is 0 Å². The summed E-state index contributed by atoms with van der Waals surface area (Å²) >= 11 is 4.59. The van der Waals surface area contributed by atoms with Crippen LogP contribution in [0.3, 0.4) is 0 Å². The van der Waals surface area contributed by atoms with E-state index in [1.807, 2.05) is 24.3 Å². The molecule has 0 aliphatic rings. The number of anilines is 1. The number of nitrogen functional groups attached to an aromatic ring is 1. The van der Waals surface area contributed by atoms with Crippen LogP contribution in [0.4, 0.5) is 5.69 Å². The minimum atomic E-state index is -0.324. The van der Waals surface area contributed by atoms with Gasteiger partial charge in [-0.25, -0.2) is 4.68 Å². The molecule has 0 saturated carbocycles. The Hall–Kier alpha value is -1.54. The van der Waals surface area contributed by atoms with Crippen LogP contribution in [0.1, 0.15) is 6.92 Å². The van der Waals surface area contributed by atoms with Crippen LogP contribution >= 0.6 is 27.7 Å². The van der Waals surface area contributed by atoms with Crippen LogP contribution in [0, 0.1) is 0 Å². The predicted molar refractivity (Wildman–Crippen MR) is 78.3 cm³/mol. The van der Waals surface area contributed by atoms with Gasteiger partial charge >= 0.3 is 0 Å². The standard InChI is InChI=1S/C11H12BrN5OS/c1-7(19-11-16-14-6-17(11)13)10(18)15-9-4-2-8(12)3-5-9/h2-7H,13H2,1H3,(H,15,18)/t7-/m0/s1. The van der Waals surface area contributed by atoms with Gasteiger partial charge in [0.1, 0.15) is 6.33 Å². The number of benzene rings is 1. The number of halogens is 1. The number of nitrogens with two attached hydrogens (primary N) is 1. The summed E-state index contributed by atoms with van der Waals surface area (Å²) in [5.41, 5.74) is 0.745. The molecule has 0 fully saturated rings. The smallest absolute Gasteiger partial charge is 0.237 e. The normalized spacial score (nSPS) is 12.1. The first-order valence-electron chi connectivity index (χ1n) is 5.44. The average Bonchev–Trinajstić information content (AvgIpc) is 2.78. The topological polar surface area (TPSA) is 85.8 Å². The number of rotatable bonds is 4. The molecule has 2 rings (SSSR count). The molecule has 0 spiro atoms. The number of hydrogen-bond donors (Lipinski definition) is 2. The fourth-order valence-corrected chi connectivity index (χ4v) is 2.31. The van der Waals surface area contributed by atoms with Gasteiger partial charge in [-0.15, -0.1) is 10.2 Å². The number of nitrogens with zero attached hydrogens (tertiary/aromatic N) is 3. The number of hydrogen-bond acceptors (Lipinski definition) is 5. The summed E-state index contributed by atoms with van der Waals surface area (Å²) in [7, 11) is 0. The summed E-state index contributed by atoms with van der Waals surface area (Å²) < 4.78 is 2.25. The van der Waals surface area contributed by atoms with E-state index in [9.17, 15) is 4.79 Å². The lowest BCUT2D eigenvalue weighted by atomic mass is 10.3. The third-order valence-corrected chi connectivity index (χ3v) is 3.90. The minimum Gasteiger partial charge on any atom is -0.336 e. The highest BCUT2D eigenvalue weighted by Gasteiger charge is 2.17. The summed E-state index contributed by atoms with van der Waals surface area (Å²) in [5.74, 6) is 5.48. The van der Waals surface area contributed by atoms with E-state index in [0.717, 1.165) is 10.2 Å².